The average Bonchev–Trinajstić information content (AvgIpc) is 3.42. The normalized spacial score (nSPS) is 27.3. The van der Waals surface area contributed by atoms with E-state index < -0.39 is 42.2 Å². The Morgan fingerprint density at radius 3 is 2.09 bits per heavy atom. The van der Waals surface area contributed by atoms with Gasteiger partial charge in [0.05, 0.1) is 30.6 Å². The van der Waals surface area contributed by atoms with Crippen LogP contribution < -0.4 is 14.7 Å². The lowest BCUT2D eigenvalue weighted by Crippen LogP contribution is -2.56. The minimum atomic E-state index is -1.42. The van der Waals surface area contributed by atoms with Crippen molar-refractivity contribution in [3.05, 3.63) is 115 Å². The molecule has 1 N–H and O–H groups in total. The van der Waals surface area contributed by atoms with Gasteiger partial charge in [0.2, 0.25) is 11.8 Å². The van der Waals surface area contributed by atoms with Crippen LogP contribution in [0.2, 0.25) is 0 Å². The van der Waals surface area contributed by atoms with E-state index in [2.05, 4.69) is 18.7 Å². The summed E-state index contributed by atoms with van der Waals surface area (Å²) in [6.45, 7) is 6.14. The fourth-order valence-electron chi connectivity index (χ4n) is 7.95. The number of carbonyl (C=O) groups is 3. The molecular weight excluding hydrogens is 592 g/mol. The van der Waals surface area contributed by atoms with Crippen LogP contribution in [0.15, 0.2) is 109 Å². The first-order valence-corrected chi connectivity index (χ1v) is 16.5. The van der Waals surface area contributed by atoms with Gasteiger partial charge in [-0.1, -0.05) is 72.8 Å². The SMILES string of the molecule is CCN(CC)c1ccc(N2CC=C[C@]34O[C@@H]5C=CCN(c6ccccc6)C(=O)[C@@H]5[C@H]3C(=O)N([C@H](CO)c3ccccc3)C4C2=O)cc1. The zero-order valence-corrected chi connectivity index (χ0v) is 26.7. The molecule has 0 saturated carbocycles. The number of benzene rings is 3. The molecule has 2 fully saturated rings. The molecule has 0 aromatic heterocycles. The second-order valence-electron chi connectivity index (χ2n) is 12.4. The fourth-order valence-corrected chi connectivity index (χ4v) is 7.95. The maximum Gasteiger partial charge on any atom is 0.253 e. The fraction of sp³-hybridized carbons (Fsp3) is 0.342. The van der Waals surface area contributed by atoms with Crippen LogP contribution >= 0.6 is 0 Å². The van der Waals surface area contributed by atoms with Crippen molar-refractivity contribution in [3.8, 4) is 0 Å². The van der Waals surface area contributed by atoms with E-state index >= 15 is 0 Å². The number of nitrogens with zero attached hydrogens (tertiary/aromatic N) is 4. The highest BCUT2D eigenvalue weighted by atomic mass is 16.5. The molecule has 9 heteroatoms. The van der Waals surface area contributed by atoms with Gasteiger partial charge in [0, 0.05) is 43.2 Å². The highest BCUT2D eigenvalue weighted by Gasteiger charge is 2.72. The van der Waals surface area contributed by atoms with Crippen molar-refractivity contribution in [2.75, 3.05) is 47.5 Å². The van der Waals surface area contributed by atoms with E-state index in [0.717, 1.165) is 24.5 Å². The Kier molecular flexibility index (Phi) is 8.20. The van der Waals surface area contributed by atoms with Gasteiger partial charge in [-0.25, -0.2) is 0 Å². The van der Waals surface area contributed by atoms with E-state index in [0.29, 0.717) is 17.8 Å². The van der Waals surface area contributed by atoms with E-state index in [1.54, 1.807) is 9.80 Å². The first kappa shape index (κ1) is 30.9. The van der Waals surface area contributed by atoms with E-state index in [1.165, 1.54) is 4.90 Å². The van der Waals surface area contributed by atoms with Crippen LogP contribution in [-0.4, -0.2) is 78.3 Å². The molecule has 3 aromatic carbocycles. The number of hydrogen-bond acceptors (Lipinski definition) is 6. The highest BCUT2D eigenvalue weighted by Crippen LogP contribution is 2.55. The molecule has 1 spiro atoms. The molecule has 4 aliphatic heterocycles. The second kappa shape index (κ2) is 12.5. The van der Waals surface area contributed by atoms with Gasteiger partial charge in [-0.2, -0.15) is 0 Å². The van der Waals surface area contributed by atoms with Gasteiger partial charge in [-0.05, 0) is 55.8 Å². The number of likely N-dealkylation sites (tertiary alicyclic amines) is 1. The van der Waals surface area contributed by atoms with Crippen molar-refractivity contribution in [1.82, 2.24) is 4.90 Å². The summed E-state index contributed by atoms with van der Waals surface area (Å²) in [5.74, 6) is -2.75. The van der Waals surface area contributed by atoms with Crippen LogP contribution in [0.4, 0.5) is 17.1 Å². The second-order valence-corrected chi connectivity index (χ2v) is 12.4. The van der Waals surface area contributed by atoms with Gasteiger partial charge in [0.25, 0.3) is 5.91 Å². The summed E-state index contributed by atoms with van der Waals surface area (Å²) in [6, 6.07) is 24.6. The summed E-state index contributed by atoms with van der Waals surface area (Å²) < 4.78 is 6.84. The molecule has 6 atom stereocenters. The number of hydrogen-bond donors (Lipinski definition) is 1. The van der Waals surface area contributed by atoms with Gasteiger partial charge in [-0.15, -0.1) is 0 Å². The Hall–Kier alpha value is -4.73. The molecule has 7 rings (SSSR count). The van der Waals surface area contributed by atoms with E-state index in [9.17, 15) is 19.5 Å². The quantitative estimate of drug-likeness (QED) is 0.372. The van der Waals surface area contributed by atoms with Crippen molar-refractivity contribution in [1.29, 1.82) is 0 Å². The maximum atomic E-state index is 15.0. The Labute approximate surface area is 275 Å². The number of aliphatic hydroxyl groups excluding tert-OH is 1. The minimum absolute atomic E-state index is 0.226. The van der Waals surface area contributed by atoms with E-state index in [1.807, 2.05) is 109 Å². The zero-order valence-electron chi connectivity index (χ0n) is 26.7. The number of ether oxygens (including phenoxy) is 1. The van der Waals surface area contributed by atoms with Crippen LogP contribution in [0.3, 0.4) is 0 Å². The summed E-state index contributed by atoms with van der Waals surface area (Å²) >= 11 is 0. The Bertz CT molecular complexity index is 1690. The number of anilines is 3. The number of carbonyl (C=O) groups excluding carboxylic acids is 3. The van der Waals surface area contributed by atoms with Gasteiger partial charge in [-0.3, -0.25) is 14.4 Å². The third-order valence-electron chi connectivity index (χ3n) is 10.1. The average molecular weight is 633 g/mol. The maximum absolute atomic E-state index is 15.0. The van der Waals surface area contributed by atoms with E-state index in [4.69, 9.17) is 4.74 Å². The molecule has 1 unspecified atom stereocenters. The monoisotopic (exact) mass is 632 g/mol. The summed E-state index contributed by atoms with van der Waals surface area (Å²) in [5.41, 5.74) is 1.77. The smallest absolute Gasteiger partial charge is 0.253 e. The van der Waals surface area contributed by atoms with Gasteiger partial charge >= 0.3 is 0 Å². The molecular formula is C38H40N4O5. The van der Waals surface area contributed by atoms with Crippen LogP contribution in [0, 0.1) is 11.8 Å². The van der Waals surface area contributed by atoms with Crippen molar-refractivity contribution in [2.45, 2.75) is 37.6 Å². The predicted octanol–water partition coefficient (Wildman–Crippen LogP) is 4.35. The van der Waals surface area contributed by atoms with Crippen molar-refractivity contribution in [3.63, 3.8) is 0 Å². The van der Waals surface area contributed by atoms with Gasteiger partial charge < -0.3 is 29.4 Å². The molecule has 242 valence electrons. The molecule has 0 aliphatic carbocycles. The first-order valence-electron chi connectivity index (χ1n) is 16.5. The summed E-state index contributed by atoms with van der Waals surface area (Å²) in [7, 11) is 0. The third-order valence-corrected chi connectivity index (χ3v) is 10.1. The largest absolute Gasteiger partial charge is 0.394 e. The third kappa shape index (κ3) is 4.96. The molecule has 3 aromatic rings. The standard InChI is InChI=1S/C38H40N4O5/c1-3-39(4-2)27-18-20-29(21-19-27)41-24-12-22-38-33(32-31(47-38)17-11-23-40(35(32)44)28-15-9-6-10-16-28)36(45)42(34(38)37(41)46)30(25-43)26-13-7-5-8-14-26/h5-22,30-34,43H,3-4,23-25H2,1-2H3/t30-,31-,32+,33+,34?,38+/m1/s1. The lowest BCUT2D eigenvalue weighted by molar-refractivity contribution is -0.144. The number of para-hydroxylation sites is 1. The summed E-state index contributed by atoms with van der Waals surface area (Å²) in [6.07, 6.45) is 6.78. The molecule has 4 aliphatic rings. The van der Waals surface area contributed by atoms with Crippen molar-refractivity contribution in [2.24, 2.45) is 11.8 Å². The highest BCUT2D eigenvalue weighted by molar-refractivity contribution is 6.07. The molecule has 3 amide bonds. The summed E-state index contributed by atoms with van der Waals surface area (Å²) in [4.78, 5) is 51.4. The van der Waals surface area contributed by atoms with E-state index in [-0.39, 0.29) is 24.3 Å². The molecule has 9 nitrogen and oxygen atoms in total. The summed E-state index contributed by atoms with van der Waals surface area (Å²) in [5, 5.41) is 10.8. The predicted molar refractivity (Wildman–Crippen MR) is 181 cm³/mol. The van der Waals surface area contributed by atoms with Crippen LogP contribution in [0.1, 0.15) is 25.5 Å². The van der Waals surface area contributed by atoms with Crippen LogP contribution in [0.25, 0.3) is 0 Å². The van der Waals surface area contributed by atoms with Crippen LogP contribution in [-0.2, 0) is 19.1 Å². The molecule has 2 saturated heterocycles. The molecule has 4 heterocycles. The molecule has 0 bridgehead atoms. The molecule has 0 radical (unpaired) electrons. The Morgan fingerprint density at radius 2 is 1.43 bits per heavy atom. The van der Waals surface area contributed by atoms with Crippen LogP contribution in [0.5, 0.6) is 0 Å². The lowest BCUT2D eigenvalue weighted by atomic mass is 9.77. The van der Waals surface area contributed by atoms with Crippen molar-refractivity contribution < 1.29 is 24.2 Å². The number of amides is 3. The topological polar surface area (TPSA) is 93.6 Å². The van der Waals surface area contributed by atoms with Gasteiger partial charge in [0.15, 0.2) is 0 Å². The van der Waals surface area contributed by atoms with Gasteiger partial charge in [0.1, 0.15) is 11.6 Å². The molecule has 47 heavy (non-hydrogen) atoms. The zero-order chi connectivity index (χ0) is 32.7. The minimum Gasteiger partial charge on any atom is -0.394 e. The Morgan fingerprint density at radius 1 is 0.809 bits per heavy atom. The lowest BCUT2D eigenvalue weighted by Gasteiger charge is -2.38. The number of fused-ring (bicyclic) bond motifs is 2. The first-order chi connectivity index (χ1) is 22.9. The number of rotatable bonds is 8. The number of aliphatic hydroxyl groups is 1. The van der Waals surface area contributed by atoms with Crippen molar-refractivity contribution >= 4 is 34.8 Å². The Balaban J connectivity index is 1.33.